The van der Waals surface area contributed by atoms with Crippen molar-refractivity contribution in [2.24, 2.45) is 5.41 Å². The van der Waals surface area contributed by atoms with Gasteiger partial charge in [-0.05, 0) is 47.5 Å². The summed E-state index contributed by atoms with van der Waals surface area (Å²) in [6.07, 6.45) is 1.46. The molecule has 0 unspecified atom stereocenters. The number of hydrogen-bond acceptors (Lipinski definition) is 5. The van der Waals surface area contributed by atoms with Gasteiger partial charge >= 0.3 is 14.8 Å². The molecule has 0 saturated carbocycles. The third kappa shape index (κ3) is 10.1. The lowest BCUT2D eigenvalue weighted by molar-refractivity contribution is -0.154. The fourth-order valence-corrected chi connectivity index (χ4v) is 4.37. The predicted octanol–water partition coefficient (Wildman–Crippen LogP) is 4.68. The average Bonchev–Trinajstić information content (AvgIpc) is 2.44. The van der Waals surface area contributed by atoms with Crippen molar-refractivity contribution < 1.29 is 22.8 Å². The van der Waals surface area contributed by atoms with E-state index in [4.69, 9.17) is 18.0 Å². The minimum Gasteiger partial charge on any atom is -0.465 e. The number of hydrogen-bond donors (Lipinski definition) is 0. The molecule has 0 N–H and O–H groups in total. The predicted molar refractivity (Wildman–Crippen MR) is 98.5 cm³/mol. The van der Waals surface area contributed by atoms with Crippen molar-refractivity contribution in [3.63, 3.8) is 0 Å². The molecular formula is C17H40O5Si. The summed E-state index contributed by atoms with van der Waals surface area (Å²) in [5, 5.41) is 0. The van der Waals surface area contributed by atoms with Crippen LogP contribution in [-0.2, 0) is 22.8 Å². The Morgan fingerprint density at radius 2 is 1.35 bits per heavy atom. The first-order valence-corrected chi connectivity index (χ1v) is 9.89. The summed E-state index contributed by atoms with van der Waals surface area (Å²) in [5.74, 6) is -0.151. The summed E-state index contributed by atoms with van der Waals surface area (Å²) < 4.78 is 22.6. The van der Waals surface area contributed by atoms with Gasteiger partial charge in [0.15, 0.2) is 0 Å². The zero-order valence-corrected chi connectivity index (χ0v) is 15.5. The molecule has 0 aromatic carbocycles. The molecule has 0 fully saturated rings. The Morgan fingerprint density at radius 1 is 0.913 bits per heavy atom. The van der Waals surface area contributed by atoms with Gasteiger partial charge in [0.2, 0.25) is 0 Å². The Bertz CT molecular complexity index is 278. The second-order valence-electron chi connectivity index (χ2n) is 5.46. The number of carbonyl (C=O) groups excluding carboxylic acids is 1. The first kappa shape index (κ1) is 27.4. The van der Waals surface area contributed by atoms with E-state index in [9.17, 15) is 4.79 Å². The Balaban J connectivity index is -0.00000200. The minimum atomic E-state index is -2.61. The van der Waals surface area contributed by atoms with Gasteiger partial charge in [-0.25, -0.2) is 0 Å². The zero-order chi connectivity index (χ0) is 16.4. The Labute approximate surface area is 145 Å². The normalized spacial score (nSPS) is 11.4. The van der Waals surface area contributed by atoms with Crippen LogP contribution in [0.5, 0.6) is 0 Å². The molecule has 0 saturated heterocycles. The lowest BCUT2D eigenvalue weighted by atomic mass is 9.91. The topological polar surface area (TPSA) is 54.0 Å². The van der Waals surface area contributed by atoms with E-state index in [1.165, 1.54) is 0 Å². The van der Waals surface area contributed by atoms with E-state index in [0.29, 0.717) is 38.9 Å². The molecule has 23 heavy (non-hydrogen) atoms. The molecule has 0 atom stereocenters. The van der Waals surface area contributed by atoms with Crippen LogP contribution in [0.4, 0.5) is 0 Å². The van der Waals surface area contributed by atoms with Gasteiger partial charge in [0.25, 0.3) is 0 Å². The fraction of sp³-hybridized carbons (Fsp3) is 0.941. The Morgan fingerprint density at radius 3 is 1.70 bits per heavy atom. The third-order valence-corrected chi connectivity index (χ3v) is 6.54. The molecule has 0 aliphatic heterocycles. The van der Waals surface area contributed by atoms with E-state index in [-0.39, 0.29) is 20.8 Å². The SMILES string of the molecule is C.C.CCO[Si](CCCOC(=O)C(C)(C)CC)(OCC)OCC. The van der Waals surface area contributed by atoms with E-state index in [1.54, 1.807) is 0 Å². The highest BCUT2D eigenvalue weighted by Crippen LogP contribution is 2.22. The van der Waals surface area contributed by atoms with Crippen LogP contribution in [0.15, 0.2) is 0 Å². The molecule has 0 amide bonds. The zero-order valence-electron chi connectivity index (χ0n) is 14.5. The van der Waals surface area contributed by atoms with E-state index in [2.05, 4.69) is 0 Å². The van der Waals surface area contributed by atoms with Gasteiger partial charge in [-0.3, -0.25) is 4.79 Å². The monoisotopic (exact) mass is 352 g/mol. The van der Waals surface area contributed by atoms with E-state index < -0.39 is 14.2 Å². The molecule has 0 bridgehead atoms. The van der Waals surface area contributed by atoms with Gasteiger partial charge in [0.05, 0.1) is 12.0 Å². The molecule has 0 radical (unpaired) electrons. The van der Waals surface area contributed by atoms with Crippen molar-refractivity contribution in [2.75, 3.05) is 26.4 Å². The summed E-state index contributed by atoms with van der Waals surface area (Å²) in [6.45, 7) is 13.7. The number of carbonyl (C=O) groups is 1. The Hall–Kier alpha value is -0.433. The van der Waals surface area contributed by atoms with Crippen LogP contribution < -0.4 is 0 Å². The fourth-order valence-electron chi connectivity index (χ4n) is 1.79. The first-order chi connectivity index (χ1) is 9.87. The molecule has 0 aromatic rings. The summed E-state index contributed by atoms with van der Waals surface area (Å²) in [4.78, 5) is 11.9. The second-order valence-corrected chi connectivity index (χ2v) is 8.19. The highest BCUT2D eigenvalue weighted by atomic mass is 28.4. The standard InChI is InChI=1S/C15H32O5Si.2CH4/c1-7-15(5,6)14(16)17-12-11-13-21(18-8-2,19-9-3)20-10-4;;/h7-13H2,1-6H3;2*1H4. The maximum Gasteiger partial charge on any atom is 0.501 e. The van der Waals surface area contributed by atoms with Gasteiger partial charge in [-0.15, -0.1) is 0 Å². The van der Waals surface area contributed by atoms with E-state index >= 15 is 0 Å². The lowest BCUT2D eigenvalue weighted by Crippen LogP contribution is -2.46. The quantitative estimate of drug-likeness (QED) is 0.290. The summed E-state index contributed by atoms with van der Waals surface area (Å²) in [6, 6.07) is 0.669. The molecular weight excluding hydrogens is 312 g/mol. The van der Waals surface area contributed by atoms with Crippen molar-refractivity contribution >= 4 is 14.8 Å². The van der Waals surface area contributed by atoms with Crippen molar-refractivity contribution in [2.45, 2.75) is 75.3 Å². The molecule has 6 heteroatoms. The van der Waals surface area contributed by atoms with E-state index in [0.717, 1.165) is 6.42 Å². The highest BCUT2D eigenvalue weighted by Gasteiger charge is 2.39. The van der Waals surface area contributed by atoms with Crippen LogP contribution >= 0.6 is 0 Å². The molecule has 0 rings (SSSR count). The van der Waals surface area contributed by atoms with Crippen LogP contribution in [0.25, 0.3) is 0 Å². The molecule has 0 heterocycles. The highest BCUT2D eigenvalue weighted by molar-refractivity contribution is 6.60. The van der Waals surface area contributed by atoms with Crippen LogP contribution in [0, 0.1) is 5.41 Å². The van der Waals surface area contributed by atoms with Crippen LogP contribution in [0.3, 0.4) is 0 Å². The van der Waals surface area contributed by atoms with Crippen LogP contribution in [0.1, 0.15) is 69.2 Å². The number of rotatable bonds is 12. The average molecular weight is 353 g/mol. The Kier molecular flexibility index (Phi) is 16.6. The number of esters is 1. The first-order valence-electron chi connectivity index (χ1n) is 7.96. The molecule has 5 nitrogen and oxygen atoms in total. The maximum atomic E-state index is 11.9. The third-order valence-electron chi connectivity index (χ3n) is 3.39. The van der Waals surface area contributed by atoms with Crippen LogP contribution in [0.2, 0.25) is 6.04 Å². The van der Waals surface area contributed by atoms with Gasteiger partial charge in [0, 0.05) is 25.9 Å². The maximum absolute atomic E-state index is 11.9. The minimum absolute atomic E-state index is 0. The van der Waals surface area contributed by atoms with Crippen molar-refractivity contribution in [3.8, 4) is 0 Å². The second kappa shape index (κ2) is 14.0. The van der Waals surface area contributed by atoms with Crippen molar-refractivity contribution in [1.29, 1.82) is 0 Å². The van der Waals surface area contributed by atoms with E-state index in [1.807, 2.05) is 41.5 Å². The largest absolute Gasteiger partial charge is 0.501 e. The van der Waals surface area contributed by atoms with Crippen molar-refractivity contribution in [1.82, 2.24) is 0 Å². The van der Waals surface area contributed by atoms with Crippen molar-refractivity contribution in [3.05, 3.63) is 0 Å². The van der Waals surface area contributed by atoms with Crippen LogP contribution in [-0.4, -0.2) is 41.2 Å². The van der Waals surface area contributed by atoms with Gasteiger partial charge in [-0.2, -0.15) is 0 Å². The molecule has 0 aromatic heterocycles. The molecule has 0 aliphatic rings. The summed E-state index contributed by atoms with van der Waals surface area (Å²) in [7, 11) is -2.61. The molecule has 0 spiro atoms. The van der Waals surface area contributed by atoms with Gasteiger partial charge < -0.3 is 18.0 Å². The smallest absolute Gasteiger partial charge is 0.465 e. The lowest BCUT2D eigenvalue weighted by Gasteiger charge is -2.28. The number of ether oxygens (including phenoxy) is 1. The van der Waals surface area contributed by atoms with Gasteiger partial charge in [0.1, 0.15) is 0 Å². The summed E-state index contributed by atoms with van der Waals surface area (Å²) >= 11 is 0. The summed E-state index contributed by atoms with van der Waals surface area (Å²) in [5.41, 5.74) is -0.422. The molecule has 142 valence electrons. The molecule has 0 aliphatic carbocycles. The van der Waals surface area contributed by atoms with Gasteiger partial charge in [-0.1, -0.05) is 21.8 Å².